The quantitative estimate of drug-likeness (QED) is 0.833. The van der Waals surface area contributed by atoms with E-state index in [1.807, 2.05) is 6.92 Å². The lowest BCUT2D eigenvalue weighted by atomic mass is 10.1. The van der Waals surface area contributed by atoms with Crippen LogP contribution in [0.1, 0.15) is 17.3 Å². The summed E-state index contributed by atoms with van der Waals surface area (Å²) in [5.74, 6) is 0.518. The van der Waals surface area contributed by atoms with Crippen LogP contribution in [-0.2, 0) is 0 Å². The van der Waals surface area contributed by atoms with Gasteiger partial charge in [-0.1, -0.05) is 19.1 Å². The molecule has 0 aliphatic rings. The van der Waals surface area contributed by atoms with Crippen LogP contribution in [0, 0.1) is 5.92 Å². The van der Waals surface area contributed by atoms with Crippen LogP contribution in [0.2, 0.25) is 0 Å². The monoisotopic (exact) mass is 344 g/mol. The van der Waals surface area contributed by atoms with Crippen LogP contribution in [0.3, 0.4) is 0 Å². The number of carbonyl (C=O) groups is 1. The van der Waals surface area contributed by atoms with Crippen LogP contribution in [-0.4, -0.2) is 36.5 Å². The SMILES string of the molecule is COc1ccc(Br)c(C(=O)N(C)CC(C)C(N)=S)c1. The maximum Gasteiger partial charge on any atom is 0.254 e. The molecular weight excluding hydrogens is 328 g/mol. The van der Waals surface area contributed by atoms with Gasteiger partial charge in [0.2, 0.25) is 0 Å². The molecular formula is C13H17BrN2O2S. The van der Waals surface area contributed by atoms with Gasteiger partial charge in [0.25, 0.3) is 5.91 Å². The van der Waals surface area contributed by atoms with Gasteiger partial charge in [-0.05, 0) is 34.1 Å². The maximum absolute atomic E-state index is 12.3. The Morgan fingerprint density at radius 3 is 2.74 bits per heavy atom. The molecule has 1 atom stereocenters. The fraction of sp³-hybridized carbons (Fsp3) is 0.385. The summed E-state index contributed by atoms with van der Waals surface area (Å²) < 4.78 is 5.86. The van der Waals surface area contributed by atoms with Crippen molar-refractivity contribution in [1.82, 2.24) is 4.90 Å². The van der Waals surface area contributed by atoms with Crippen molar-refractivity contribution in [1.29, 1.82) is 0 Å². The van der Waals surface area contributed by atoms with Crippen LogP contribution in [0.25, 0.3) is 0 Å². The van der Waals surface area contributed by atoms with E-state index in [4.69, 9.17) is 22.7 Å². The number of methoxy groups -OCH3 is 1. The third-order valence-corrected chi connectivity index (χ3v) is 3.88. The van der Waals surface area contributed by atoms with Crippen molar-refractivity contribution >= 4 is 39.0 Å². The first-order valence-electron chi connectivity index (χ1n) is 5.75. The van der Waals surface area contributed by atoms with Crippen molar-refractivity contribution in [2.45, 2.75) is 6.92 Å². The Labute approximate surface area is 127 Å². The summed E-state index contributed by atoms with van der Waals surface area (Å²) in [6.07, 6.45) is 0. The third-order valence-electron chi connectivity index (χ3n) is 2.78. The van der Waals surface area contributed by atoms with Gasteiger partial charge in [0, 0.05) is 24.0 Å². The molecule has 104 valence electrons. The Morgan fingerprint density at radius 2 is 2.21 bits per heavy atom. The van der Waals surface area contributed by atoms with E-state index in [0.29, 0.717) is 22.8 Å². The van der Waals surface area contributed by atoms with Gasteiger partial charge in [-0.2, -0.15) is 0 Å². The highest BCUT2D eigenvalue weighted by molar-refractivity contribution is 9.10. The fourth-order valence-electron chi connectivity index (χ4n) is 1.58. The molecule has 4 nitrogen and oxygen atoms in total. The van der Waals surface area contributed by atoms with Gasteiger partial charge in [-0.25, -0.2) is 0 Å². The van der Waals surface area contributed by atoms with Gasteiger partial charge in [-0.15, -0.1) is 0 Å². The van der Waals surface area contributed by atoms with Gasteiger partial charge in [0.05, 0.1) is 17.7 Å². The lowest BCUT2D eigenvalue weighted by Gasteiger charge is -2.21. The largest absolute Gasteiger partial charge is 0.497 e. The second kappa shape index (κ2) is 6.86. The zero-order valence-electron chi connectivity index (χ0n) is 11.1. The van der Waals surface area contributed by atoms with Gasteiger partial charge in [-0.3, -0.25) is 4.79 Å². The van der Waals surface area contributed by atoms with E-state index in [9.17, 15) is 4.79 Å². The topological polar surface area (TPSA) is 55.6 Å². The molecule has 2 N–H and O–H groups in total. The molecule has 1 rings (SSSR count). The van der Waals surface area contributed by atoms with Crippen molar-refractivity contribution in [2.24, 2.45) is 11.7 Å². The van der Waals surface area contributed by atoms with E-state index in [2.05, 4.69) is 15.9 Å². The van der Waals surface area contributed by atoms with E-state index in [1.54, 1.807) is 37.3 Å². The number of rotatable bonds is 5. The summed E-state index contributed by atoms with van der Waals surface area (Å²) in [6.45, 7) is 2.38. The van der Waals surface area contributed by atoms with Crippen molar-refractivity contribution in [3.8, 4) is 5.75 Å². The number of benzene rings is 1. The predicted molar refractivity (Wildman–Crippen MR) is 83.6 cm³/mol. The Balaban J connectivity index is 2.90. The number of halogens is 1. The highest BCUT2D eigenvalue weighted by atomic mass is 79.9. The van der Waals surface area contributed by atoms with Crippen LogP contribution in [0.5, 0.6) is 5.75 Å². The fourth-order valence-corrected chi connectivity index (χ4v) is 2.08. The molecule has 0 aliphatic heterocycles. The van der Waals surface area contributed by atoms with Gasteiger partial charge >= 0.3 is 0 Å². The number of hydrogen-bond donors (Lipinski definition) is 1. The molecule has 1 aromatic rings. The molecule has 6 heteroatoms. The molecule has 0 spiro atoms. The molecule has 19 heavy (non-hydrogen) atoms. The average molecular weight is 345 g/mol. The second-order valence-electron chi connectivity index (χ2n) is 4.33. The standard InChI is InChI=1S/C13H17BrN2O2S/c1-8(12(15)19)7-16(2)13(17)10-6-9(18-3)4-5-11(10)14/h4-6,8H,7H2,1-3H3,(H2,15,19). The minimum Gasteiger partial charge on any atom is -0.497 e. The van der Waals surface area contributed by atoms with E-state index >= 15 is 0 Å². The Kier molecular flexibility index (Phi) is 5.75. The molecule has 1 aromatic carbocycles. The number of amides is 1. The molecule has 0 aliphatic carbocycles. The van der Waals surface area contributed by atoms with Crippen LogP contribution >= 0.6 is 28.1 Å². The van der Waals surface area contributed by atoms with Crippen molar-refractivity contribution in [3.63, 3.8) is 0 Å². The number of nitrogens with two attached hydrogens (primary N) is 1. The molecule has 1 amide bonds. The van der Waals surface area contributed by atoms with E-state index in [-0.39, 0.29) is 11.8 Å². The van der Waals surface area contributed by atoms with E-state index < -0.39 is 0 Å². The Morgan fingerprint density at radius 1 is 1.58 bits per heavy atom. The number of nitrogens with zero attached hydrogens (tertiary/aromatic N) is 1. The van der Waals surface area contributed by atoms with Crippen molar-refractivity contribution in [3.05, 3.63) is 28.2 Å². The zero-order valence-corrected chi connectivity index (χ0v) is 13.5. The molecule has 0 radical (unpaired) electrons. The number of thiocarbonyl (C=S) groups is 1. The summed E-state index contributed by atoms with van der Waals surface area (Å²) in [6, 6.07) is 5.28. The minimum absolute atomic E-state index is 0.0201. The van der Waals surface area contributed by atoms with Crippen LogP contribution in [0.4, 0.5) is 0 Å². The van der Waals surface area contributed by atoms with Crippen molar-refractivity contribution < 1.29 is 9.53 Å². The zero-order chi connectivity index (χ0) is 14.6. The summed E-state index contributed by atoms with van der Waals surface area (Å²) in [5, 5.41) is 0. The summed E-state index contributed by atoms with van der Waals surface area (Å²) in [7, 11) is 3.29. The smallest absolute Gasteiger partial charge is 0.254 e. The Hall–Kier alpha value is -1.14. The lowest BCUT2D eigenvalue weighted by molar-refractivity contribution is 0.0785. The average Bonchev–Trinajstić information content (AvgIpc) is 2.38. The molecule has 1 unspecified atom stereocenters. The first-order chi connectivity index (χ1) is 8.86. The first kappa shape index (κ1) is 15.9. The lowest BCUT2D eigenvalue weighted by Crippen LogP contribution is -2.35. The Bertz CT molecular complexity index is 494. The first-order valence-corrected chi connectivity index (χ1v) is 6.95. The summed E-state index contributed by atoms with van der Waals surface area (Å²) in [5.41, 5.74) is 6.12. The highest BCUT2D eigenvalue weighted by Gasteiger charge is 2.18. The molecule has 0 heterocycles. The van der Waals surface area contributed by atoms with Crippen LogP contribution in [0.15, 0.2) is 22.7 Å². The predicted octanol–water partition coefficient (Wildman–Crippen LogP) is 2.45. The molecule has 0 bridgehead atoms. The maximum atomic E-state index is 12.3. The summed E-state index contributed by atoms with van der Waals surface area (Å²) in [4.78, 5) is 14.4. The number of ether oxygens (including phenoxy) is 1. The van der Waals surface area contributed by atoms with Crippen molar-refractivity contribution in [2.75, 3.05) is 20.7 Å². The highest BCUT2D eigenvalue weighted by Crippen LogP contribution is 2.23. The van der Waals surface area contributed by atoms with Gasteiger partial charge in [0.1, 0.15) is 5.75 Å². The normalized spacial score (nSPS) is 11.8. The van der Waals surface area contributed by atoms with Gasteiger partial charge < -0.3 is 15.4 Å². The van der Waals surface area contributed by atoms with E-state index in [1.165, 1.54) is 0 Å². The number of hydrogen-bond acceptors (Lipinski definition) is 3. The minimum atomic E-state index is -0.103. The summed E-state index contributed by atoms with van der Waals surface area (Å²) >= 11 is 8.29. The molecule has 0 saturated carbocycles. The number of carbonyl (C=O) groups excluding carboxylic acids is 1. The molecule has 0 aromatic heterocycles. The van der Waals surface area contributed by atoms with Crippen LogP contribution < -0.4 is 10.5 Å². The molecule has 0 fully saturated rings. The second-order valence-corrected chi connectivity index (χ2v) is 5.66. The van der Waals surface area contributed by atoms with Gasteiger partial charge in [0.15, 0.2) is 0 Å². The third kappa shape index (κ3) is 4.18. The van der Waals surface area contributed by atoms with E-state index in [0.717, 1.165) is 4.47 Å². The molecule has 0 saturated heterocycles.